The topological polar surface area (TPSA) is 6.48 Å². The Bertz CT molecular complexity index is 4310. The van der Waals surface area contributed by atoms with Crippen molar-refractivity contribution in [2.75, 3.05) is 9.80 Å². The number of nitrogens with zero attached hydrogens (tertiary/aromatic N) is 2. The van der Waals surface area contributed by atoms with Crippen molar-refractivity contribution >= 4 is 57.2 Å². The van der Waals surface area contributed by atoms with Crippen molar-refractivity contribution in [3.05, 3.63) is 295 Å². The van der Waals surface area contributed by atoms with E-state index in [0.717, 1.165) is 34.1 Å². The van der Waals surface area contributed by atoms with Crippen LogP contribution in [0.1, 0.15) is 105 Å². The minimum Gasteiger partial charge on any atom is -0.310 e. The summed E-state index contributed by atoms with van der Waals surface area (Å²) < 4.78 is 0. The molecular weight excluding hydrogens is 1100 g/mol. The van der Waals surface area contributed by atoms with E-state index in [-0.39, 0.29) is 28.4 Å². The first-order valence-corrected chi connectivity index (χ1v) is 32.6. The van der Waals surface area contributed by atoms with Gasteiger partial charge in [-0.25, -0.2) is 0 Å². The lowest BCUT2D eigenvalue weighted by molar-refractivity contribution is 0.570. The molecule has 12 aromatic rings. The van der Waals surface area contributed by atoms with E-state index >= 15 is 0 Å². The van der Waals surface area contributed by atoms with Crippen molar-refractivity contribution in [1.29, 1.82) is 0 Å². The molecule has 0 saturated carbocycles. The molecular formula is C88H81BN2. The van der Waals surface area contributed by atoms with Crippen LogP contribution in [0.25, 0.3) is 77.9 Å². The predicted octanol–water partition coefficient (Wildman–Crippen LogP) is 22.6. The van der Waals surface area contributed by atoms with Gasteiger partial charge in [-0.15, -0.1) is 0 Å². The molecule has 2 heterocycles. The number of benzene rings is 12. The zero-order chi connectivity index (χ0) is 63.1. The molecule has 0 radical (unpaired) electrons. The van der Waals surface area contributed by atoms with E-state index in [4.69, 9.17) is 0 Å². The van der Waals surface area contributed by atoms with Crippen molar-refractivity contribution < 1.29 is 0 Å². The van der Waals surface area contributed by atoms with Crippen LogP contribution in [-0.4, -0.2) is 6.71 Å². The fourth-order valence-corrected chi connectivity index (χ4v) is 14.1. The van der Waals surface area contributed by atoms with Crippen LogP contribution < -0.4 is 26.2 Å². The van der Waals surface area contributed by atoms with Gasteiger partial charge in [0.2, 0.25) is 0 Å². The minimum atomic E-state index is -0.215. The molecule has 0 unspecified atom stereocenters. The molecule has 446 valence electrons. The molecule has 0 fully saturated rings. The third-order valence-electron chi connectivity index (χ3n) is 19.0. The zero-order valence-electron chi connectivity index (χ0n) is 55.0. The normalized spacial score (nSPS) is 13.0. The molecule has 0 saturated heterocycles. The van der Waals surface area contributed by atoms with E-state index in [1.807, 2.05) is 0 Å². The molecule has 12 aromatic carbocycles. The Labute approximate surface area is 541 Å². The summed E-state index contributed by atoms with van der Waals surface area (Å²) in [5.41, 5.74) is 31.8. The second-order valence-electron chi connectivity index (χ2n) is 29.4. The zero-order valence-corrected chi connectivity index (χ0v) is 55.0. The Hall–Kier alpha value is -9.70. The molecule has 0 N–H and O–H groups in total. The lowest BCUT2D eigenvalue weighted by atomic mass is 9.33. The first kappa shape index (κ1) is 59.0. The van der Waals surface area contributed by atoms with Crippen molar-refractivity contribution in [2.45, 2.75) is 105 Å². The van der Waals surface area contributed by atoms with Gasteiger partial charge in [0, 0.05) is 45.0 Å². The summed E-state index contributed by atoms with van der Waals surface area (Å²) >= 11 is 0. The monoisotopic (exact) mass is 1180 g/mol. The molecule has 0 atom stereocenters. The summed E-state index contributed by atoms with van der Waals surface area (Å²) in [5, 5.41) is 0. The van der Waals surface area contributed by atoms with Crippen LogP contribution in [-0.2, 0) is 21.7 Å². The maximum Gasteiger partial charge on any atom is 0.252 e. The van der Waals surface area contributed by atoms with Crippen molar-refractivity contribution in [1.82, 2.24) is 0 Å². The van der Waals surface area contributed by atoms with Gasteiger partial charge in [0.1, 0.15) is 0 Å². The van der Waals surface area contributed by atoms with Gasteiger partial charge < -0.3 is 9.80 Å². The Morgan fingerprint density at radius 1 is 0.231 bits per heavy atom. The highest BCUT2D eigenvalue weighted by molar-refractivity contribution is 7.00. The van der Waals surface area contributed by atoms with Crippen LogP contribution in [0.3, 0.4) is 0 Å². The number of anilines is 6. The standard InChI is InChI=1S/C88H81BN2/c1-85(2,3)67-45-46-70(75(57-67)88(10,11)12)66-51-80-82-81(52-66)91(84-73(62-39-27-17-28-40-62)55-69(87(7,8)9)56-74(84)63-41-29-18-30-42-63)79-50-65(59-33-21-14-22-34-59)44-48-77(79)89(82)76-47-43-64(58-31-19-13-20-32-58)49-78(76)90(80)83-71(60-35-23-15-24-36-60)53-68(86(4,5)6)54-72(83)61-37-25-16-26-38-61/h13-57H,1-12H3. The van der Waals surface area contributed by atoms with Gasteiger partial charge in [0.25, 0.3) is 6.71 Å². The molecule has 91 heavy (non-hydrogen) atoms. The predicted molar refractivity (Wildman–Crippen MR) is 393 cm³/mol. The van der Waals surface area contributed by atoms with Crippen LogP contribution in [0.4, 0.5) is 34.1 Å². The van der Waals surface area contributed by atoms with Crippen LogP contribution in [0.2, 0.25) is 0 Å². The van der Waals surface area contributed by atoms with Crippen LogP contribution >= 0.6 is 0 Å². The van der Waals surface area contributed by atoms with Gasteiger partial charge >= 0.3 is 0 Å². The van der Waals surface area contributed by atoms with E-state index in [9.17, 15) is 0 Å². The van der Waals surface area contributed by atoms with Gasteiger partial charge in [-0.2, -0.15) is 0 Å². The SMILES string of the molecule is CC(C)(C)c1cc(-c2ccccc2)c(N2c3cc(-c4ccccc4)ccc3B3c4ccc(-c5ccccc5)cc4N(c4c(-c5ccccc5)cc(C(C)(C)C)cc4-c4ccccc4)c4cc(-c5ccc(C(C)(C)C)cc5C(C)(C)C)cc2c43)c(-c2ccccc2)c1. The van der Waals surface area contributed by atoms with Crippen LogP contribution in [0, 0.1) is 0 Å². The lowest BCUT2D eigenvalue weighted by Crippen LogP contribution is -2.61. The molecule has 0 amide bonds. The summed E-state index contributed by atoms with van der Waals surface area (Å²) in [4.78, 5) is 5.44. The summed E-state index contributed by atoms with van der Waals surface area (Å²) in [5.74, 6) is 0. The maximum absolute atomic E-state index is 2.72. The second kappa shape index (κ2) is 22.7. The fraction of sp³-hybridized carbons (Fsp3) is 0.182. The number of rotatable bonds is 9. The molecule has 0 aromatic heterocycles. The Morgan fingerprint density at radius 3 is 0.846 bits per heavy atom. The highest BCUT2D eigenvalue weighted by Gasteiger charge is 2.46. The smallest absolute Gasteiger partial charge is 0.252 e. The molecule has 0 spiro atoms. The van der Waals surface area contributed by atoms with Gasteiger partial charge in [0.15, 0.2) is 0 Å². The van der Waals surface area contributed by atoms with Crippen molar-refractivity contribution in [3.63, 3.8) is 0 Å². The van der Waals surface area contributed by atoms with Gasteiger partial charge in [-0.3, -0.25) is 0 Å². The molecule has 0 aliphatic carbocycles. The molecule has 3 heteroatoms. The largest absolute Gasteiger partial charge is 0.310 e. The average Bonchev–Trinajstić information content (AvgIpc) is 0.689. The molecule has 2 aliphatic heterocycles. The number of hydrogen-bond donors (Lipinski definition) is 0. The third kappa shape index (κ3) is 10.8. The molecule has 0 bridgehead atoms. The highest BCUT2D eigenvalue weighted by atomic mass is 15.2. The third-order valence-corrected chi connectivity index (χ3v) is 19.0. The van der Waals surface area contributed by atoms with E-state index in [1.165, 1.54) is 117 Å². The minimum absolute atomic E-state index is 0.0661. The molecule has 2 nitrogen and oxygen atoms in total. The molecule has 2 aliphatic rings. The van der Waals surface area contributed by atoms with Crippen molar-refractivity contribution in [2.24, 2.45) is 0 Å². The quantitative estimate of drug-likeness (QED) is 0.133. The number of fused-ring (bicyclic) bond motifs is 4. The van der Waals surface area contributed by atoms with E-state index < -0.39 is 0 Å². The van der Waals surface area contributed by atoms with E-state index in [2.05, 4.69) is 366 Å². The lowest BCUT2D eigenvalue weighted by Gasteiger charge is -2.46. The van der Waals surface area contributed by atoms with Crippen LogP contribution in [0.5, 0.6) is 0 Å². The van der Waals surface area contributed by atoms with E-state index in [0.29, 0.717) is 0 Å². The van der Waals surface area contributed by atoms with Gasteiger partial charge in [-0.05, 0) is 164 Å². The molecule has 14 rings (SSSR count). The summed E-state index contributed by atoms with van der Waals surface area (Å²) in [6, 6.07) is 104. The summed E-state index contributed by atoms with van der Waals surface area (Å²) in [7, 11) is 0. The number of hydrogen-bond acceptors (Lipinski definition) is 2. The van der Waals surface area contributed by atoms with Gasteiger partial charge in [-0.1, -0.05) is 308 Å². The first-order valence-electron chi connectivity index (χ1n) is 32.6. The van der Waals surface area contributed by atoms with Crippen molar-refractivity contribution in [3.8, 4) is 77.9 Å². The summed E-state index contributed by atoms with van der Waals surface area (Å²) in [6.45, 7) is 28.1. The summed E-state index contributed by atoms with van der Waals surface area (Å²) in [6.07, 6.45) is 0. The highest BCUT2D eigenvalue weighted by Crippen LogP contribution is 2.56. The Morgan fingerprint density at radius 2 is 0.538 bits per heavy atom. The Kier molecular flexibility index (Phi) is 14.7. The maximum atomic E-state index is 2.72. The Balaban J connectivity index is 1.22. The van der Waals surface area contributed by atoms with Gasteiger partial charge in [0.05, 0.1) is 11.4 Å². The average molecular weight is 1180 g/mol. The fourth-order valence-electron chi connectivity index (χ4n) is 14.1. The first-order chi connectivity index (χ1) is 43.7. The van der Waals surface area contributed by atoms with Crippen LogP contribution in [0.15, 0.2) is 273 Å². The van der Waals surface area contributed by atoms with E-state index in [1.54, 1.807) is 0 Å². The second-order valence-corrected chi connectivity index (χ2v) is 29.4.